The molecule has 152 valence electrons. The number of piperidine rings is 1. The van der Waals surface area contributed by atoms with Gasteiger partial charge in [-0.25, -0.2) is 18.9 Å². The number of rotatable bonds is 5. The molecule has 0 radical (unpaired) electrons. The van der Waals surface area contributed by atoms with Crippen molar-refractivity contribution in [1.29, 1.82) is 0 Å². The topological polar surface area (TPSA) is 76.4 Å². The number of anilines is 1. The van der Waals surface area contributed by atoms with Crippen molar-refractivity contribution in [2.45, 2.75) is 37.4 Å². The molecule has 0 amide bonds. The van der Waals surface area contributed by atoms with Crippen LogP contribution >= 0.6 is 11.6 Å². The molecule has 1 saturated carbocycles. The normalized spacial score (nSPS) is 22.0. The summed E-state index contributed by atoms with van der Waals surface area (Å²) in [5, 5.41) is 11.6. The zero-order chi connectivity index (χ0) is 20.0. The van der Waals surface area contributed by atoms with Crippen LogP contribution in [0.1, 0.15) is 30.9 Å². The first-order valence-corrected chi connectivity index (χ1v) is 10.2. The Morgan fingerprint density at radius 2 is 2.17 bits per heavy atom. The summed E-state index contributed by atoms with van der Waals surface area (Å²) in [7, 11) is 1.65. The van der Waals surface area contributed by atoms with Crippen LogP contribution in [0.5, 0.6) is 5.75 Å². The molecule has 2 fully saturated rings. The summed E-state index contributed by atoms with van der Waals surface area (Å²) in [4.78, 5) is 9.12. The number of fused-ring (bicyclic) bond motifs is 1. The van der Waals surface area contributed by atoms with E-state index in [9.17, 15) is 4.39 Å². The van der Waals surface area contributed by atoms with Crippen molar-refractivity contribution >= 4 is 23.1 Å². The molecule has 9 heteroatoms. The summed E-state index contributed by atoms with van der Waals surface area (Å²) in [6.45, 7) is 1.21. The number of nitrogens with zero attached hydrogens (tertiary/aromatic N) is 4. The molecule has 3 aromatic rings. The molecular weight excluding hydrogens is 395 g/mol. The second kappa shape index (κ2) is 7.42. The van der Waals surface area contributed by atoms with Gasteiger partial charge >= 0.3 is 0 Å². The Morgan fingerprint density at radius 1 is 1.31 bits per heavy atom. The predicted octanol–water partition coefficient (Wildman–Crippen LogP) is 3.44. The van der Waals surface area contributed by atoms with Crippen molar-refractivity contribution in [3.63, 3.8) is 0 Å². The Kier molecular flexibility index (Phi) is 4.75. The van der Waals surface area contributed by atoms with E-state index in [1.54, 1.807) is 23.9 Å². The zero-order valence-corrected chi connectivity index (χ0v) is 16.8. The lowest BCUT2D eigenvalue weighted by atomic mass is 10.1. The number of hydrogen-bond acceptors (Lipinski definition) is 6. The van der Waals surface area contributed by atoms with Crippen LogP contribution in [0.4, 0.5) is 10.2 Å². The van der Waals surface area contributed by atoms with E-state index >= 15 is 0 Å². The van der Waals surface area contributed by atoms with Gasteiger partial charge < -0.3 is 15.4 Å². The number of halogens is 2. The third-order valence-corrected chi connectivity index (χ3v) is 5.80. The van der Waals surface area contributed by atoms with Gasteiger partial charge in [0.15, 0.2) is 5.65 Å². The lowest BCUT2D eigenvalue weighted by Gasteiger charge is -2.28. The maximum Gasteiger partial charge on any atom is 0.157 e. The summed E-state index contributed by atoms with van der Waals surface area (Å²) in [5.74, 6) is 1.66. The van der Waals surface area contributed by atoms with E-state index in [-0.39, 0.29) is 6.04 Å². The van der Waals surface area contributed by atoms with Crippen molar-refractivity contribution in [1.82, 2.24) is 24.9 Å². The average molecular weight is 417 g/mol. The number of alkyl halides is 1. The Labute approximate surface area is 172 Å². The summed E-state index contributed by atoms with van der Waals surface area (Å²) in [6, 6.07) is 5.13. The van der Waals surface area contributed by atoms with Gasteiger partial charge in [0.2, 0.25) is 0 Å². The second-order valence-corrected chi connectivity index (χ2v) is 7.98. The molecule has 2 aliphatic rings. The number of hydrogen-bond donors (Lipinski definition) is 2. The van der Waals surface area contributed by atoms with E-state index in [0.29, 0.717) is 47.6 Å². The van der Waals surface area contributed by atoms with Crippen molar-refractivity contribution in [2.24, 2.45) is 0 Å². The highest BCUT2D eigenvalue weighted by Gasteiger charge is 2.30. The van der Waals surface area contributed by atoms with E-state index in [1.807, 2.05) is 12.1 Å². The van der Waals surface area contributed by atoms with Crippen LogP contribution in [-0.2, 0) is 0 Å². The Morgan fingerprint density at radius 3 is 2.93 bits per heavy atom. The number of methoxy groups -OCH3 is 1. The molecule has 1 saturated heterocycles. The monoisotopic (exact) mass is 416 g/mol. The van der Waals surface area contributed by atoms with Gasteiger partial charge in [-0.1, -0.05) is 11.6 Å². The summed E-state index contributed by atoms with van der Waals surface area (Å²) >= 11 is 6.33. The first-order chi connectivity index (χ1) is 14.1. The maximum absolute atomic E-state index is 14.2. The average Bonchev–Trinajstić information content (AvgIpc) is 3.50. The molecule has 0 aromatic carbocycles. The summed E-state index contributed by atoms with van der Waals surface area (Å²) in [6.07, 6.45) is 3.50. The van der Waals surface area contributed by atoms with Crippen LogP contribution in [0.2, 0.25) is 5.02 Å². The fourth-order valence-corrected chi connectivity index (χ4v) is 3.88. The number of aromatic nitrogens is 4. The van der Waals surface area contributed by atoms with Gasteiger partial charge in [-0.05, 0) is 37.9 Å². The standard InChI is InChI=1S/C20H22ClFN6O/c1-29-17-8-18-24-10-16(28(18)27-19(17)11-2-3-11)14-5-4-12(21)20(25-14)26-15-9-23-7-6-13(15)22/h4-5,8,10-11,13,15,23H,2-3,6-7,9H2,1H3,(H,25,26)/t13-,15-/m0/s1. The number of nitrogens with one attached hydrogen (secondary N) is 2. The summed E-state index contributed by atoms with van der Waals surface area (Å²) < 4.78 is 21.5. The van der Waals surface area contributed by atoms with Crippen molar-refractivity contribution in [2.75, 3.05) is 25.5 Å². The predicted molar refractivity (Wildman–Crippen MR) is 110 cm³/mol. The van der Waals surface area contributed by atoms with E-state index in [2.05, 4.69) is 20.6 Å². The molecule has 5 rings (SSSR count). The molecule has 1 aliphatic heterocycles. The molecule has 2 atom stereocenters. The highest BCUT2D eigenvalue weighted by Crippen LogP contribution is 2.43. The van der Waals surface area contributed by atoms with Crippen molar-refractivity contribution in [3.8, 4) is 17.1 Å². The highest BCUT2D eigenvalue weighted by molar-refractivity contribution is 6.33. The van der Waals surface area contributed by atoms with Gasteiger partial charge in [-0.15, -0.1) is 0 Å². The highest BCUT2D eigenvalue weighted by atomic mass is 35.5. The number of pyridine rings is 1. The molecule has 3 aromatic heterocycles. The minimum Gasteiger partial charge on any atom is -0.495 e. The molecule has 0 bridgehead atoms. The van der Waals surface area contributed by atoms with Crippen LogP contribution in [0.25, 0.3) is 17.0 Å². The van der Waals surface area contributed by atoms with Crippen molar-refractivity contribution in [3.05, 3.63) is 35.1 Å². The third-order valence-electron chi connectivity index (χ3n) is 5.50. The Balaban J connectivity index is 1.52. The smallest absolute Gasteiger partial charge is 0.157 e. The lowest BCUT2D eigenvalue weighted by Crippen LogP contribution is -2.46. The van der Waals surface area contributed by atoms with Gasteiger partial charge in [0.1, 0.15) is 29.1 Å². The largest absolute Gasteiger partial charge is 0.495 e. The maximum atomic E-state index is 14.2. The first-order valence-electron chi connectivity index (χ1n) is 9.85. The molecule has 4 heterocycles. The van der Waals surface area contributed by atoms with Crippen LogP contribution in [0, 0.1) is 0 Å². The number of ether oxygens (including phenoxy) is 1. The Bertz CT molecular complexity index is 1050. The van der Waals surface area contributed by atoms with Gasteiger partial charge in [-0.2, -0.15) is 5.10 Å². The first kappa shape index (κ1) is 18.6. The molecular formula is C20H22ClFN6O. The van der Waals surface area contributed by atoms with E-state index in [4.69, 9.17) is 21.4 Å². The molecule has 7 nitrogen and oxygen atoms in total. The fraction of sp³-hybridized carbons (Fsp3) is 0.450. The van der Waals surface area contributed by atoms with E-state index < -0.39 is 6.17 Å². The Hall–Kier alpha value is -2.45. The summed E-state index contributed by atoms with van der Waals surface area (Å²) in [5.41, 5.74) is 3.05. The van der Waals surface area contributed by atoms with Gasteiger partial charge in [0, 0.05) is 18.5 Å². The molecule has 29 heavy (non-hydrogen) atoms. The van der Waals surface area contributed by atoms with Crippen LogP contribution < -0.4 is 15.4 Å². The molecule has 0 unspecified atom stereocenters. The van der Waals surface area contributed by atoms with Gasteiger partial charge in [-0.3, -0.25) is 0 Å². The quantitative estimate of drug-likeness (QED) is 0.663. The van der Waals surface area contributed by atoms with Gasteiger partial charge in [0.25, 0.3) is 0 Å². The van der Waals surface area contributed by atoms with Gasteiger partial charge in [0.05, 0.1) is 30.1 Å². The van der Waals surface area contributed by atoms with Crippen LogP contribution in [0.3, 0.4) is 0 Å². The minimum absolute atomic E-state index is 0.366. The second-order valence-electron chi connectivity index (χ2n) is 7.57. The lowest BCUT2D eigenvalue weighted by molar-refractivity contribution is 0.241. The fourth-order valence-electron chi connectivity index (χ4n) is 3.72. The van der Waals surface area contributed by atoms with E-state index in [1.165, 1.54) is 0 Å². The van der Waals surface area contributed by atoms with Crippen LogP contribution in [-0.4, -0.2) is 52.0 Å². The zero-order valence-electron chi connectivity index (χ0n) is 16.0. The van der Waals surface area contributed by atoms with Crippen molar-refractivity contribution < 1.29 is 9.13 Å². The van der Waals surface area contributed by atoms with E-state index in [0.717, 1.165) is 30.0 Å². The van der Waals surface area contributed by atoms with Crippen LogP contribution in [0.15, 0.2) is 24.4 Å². The minimum atomic E-state index is -0.941. The third kappa shape index (κ3) is 3.51. The number of imidazole rings is 1. The molecule has 2 N–H and O–H groups in total. The molecule has 0 spiro atoms. The molecule has 1 aliphatic carbocycles. The SMILES string of the molecule is COc1cc2ncc(-c3ccc(Cl)c(N[C@H]4CNCC[C@@H]4F)n3)n2nc1C1CC1.